The predicted octanol–water partition coefficient (Wildman–Crippen LogP) is 5.04. The Kier molecular flexibility index (Phi) is 8.32. The van der Waals surface area contributed by atoms with Crippen LogP contribution in [0.5, 0.6) is 0 Å². The fraction of sp³-hybridized carbons (Fsp3) is 0.462. The monoisotopic (exact) mass is 530 g/mol. The Balaban J connectivity index is 1.80. The summed E-state index contributed by atoms with van der Waals surface area (Å²) in [6.07, 6.45) is 1.96. The summed E-state index contributed by atoms with van der Waals surface area (Å²) < 4.78 is 27.1. The Labute approximate surface area is 219 Å². The molecular weight excluding hydrogens is 498 g/mol. The van der Waals surface area contributed by atoms with Crippen LogP contribution in [-0.2, 0) is 4.79 Å². The number of carbonyl (C=O) groups excluding carboxylic acids is 1. The number of halogens is 2. The highest BCUT2D eigenvalue weighted by molar-refractivity contribution is 8.00. The number of hydrogen-bond acceptors (Lipinski definition) is 6. The third kappa shape index (κ3) is 7.32. The van der Waals surface area contributed by atoms with Gasteiger partial charge in [-0.3, -0.25) is 15.0 Å². The lowest BCUT2D eigenvalue weighted by atomic mass is 9.84. The predicted molar refractivity (Wildman–Crippen MR) is 143 cm³/mol. The van der Waals surface area contributed by atoms with Crippen LogP contribution < -0.4 is 16.2 Å². The molecule has 37 heavy (non-hydrogen) atoms. The molecule has 3 rings (SSSR count). The van der Waals surface area contributed by atoms with Gasteiger partial charge in [-0.2, -0.15) is 14.0 Å². The van der Waals surface area contributed by atoms with Crippen LogP contribution in [0.4, 0.5) is 20.2 Å². The summed E-state index contributed by atoms with van der Waals surface area (Å²) in [7, 11) is 0. The summed E-state index contributed by atoms with van der Waals surface area (Å²) >= 11 is 1.72. The number of rotatable bonds is 7. The number of thioether (sulfide) groups is 1. The van der Waals surface area contributed by atoms with E-state index in [4.69, 9.17) is 5.41 Å². The Bertz CT molecular complexity index is 1230. The van der Waals surface area contributed by atoms with Crippen molar-refractivity contribution in [2.24, 2.45) is 0 Å². The van der Waals surface area contributed by atoms with E-state index >= 15 is 0 Å². The van der Waals surface area contributed by atoms with Crippen LogP contribution in [0.2, 0.25) is 0 Å². The summed E-state index contributed by atoms with van der Waals surface area (Å²) in [4.78, 5) is 29.5. The normalized spacial score (nSPS) is 15.5. The number of aromatic nitrogens is 1. The van der Waals surface area contributed by atoms with Gasteiger partial charge in [0.2, 0.25) is 0 Å². The lowest BCUT2D eigenvalue weighted by Gasteiger charge is -2.42. The molecule has 8 nitrogen and oxygen atoms in total. The fourth-order valence-electron chi connectivity index (χ4n) is 4.20. The van der Waals surface area contributed by atoms with E-state index < -0.39 is 22.9 Å². The Morgan fingerprint density at radius 2 is 1.81 bits per heavy atom. The van der Waals surface area contributed by atoms with Crippen LogP contribution in [0.25, 0.3) is 0 Å². The third-order valence-electron chi connectivity index (χ3n) is 5.96. The quantitative estimate of drug-likeness (QED) is 0.226. The molecule has 0 aliphatic carbocycles. The molecular formula is C26H32F2N6O2S. The molecule has 198 valence electrons. The maximum atomic E-state index is 13.5. The molecule has 1 aliphatic heterocycles. The molecule has 1 saturated heterocycles. The molecule has 0 spiro atoms. The summed E-state index contributed by atoms with van der Waals surface area (Å²) in [5, 5.41) is 24.3. The first-order valence-electron chi connectivity index (χ1n) is 11.9. The number of alkyl halides is 2. The van der Waals surface area contributed by atoms with Crippen LogP contribution >= 0.6 is 11.8 Å². The van der Waals surface area contributed by atoms with E-state index in [1.165, 1.54) is 6.20 Å². The van der Waals surface area contributed by atoms with Crippen molar-refractivity contribution < 1.29 is 13.6 Å². The van der Waals surface area contributed by atoms with Gasteiger partial charge in [-0.1, -0.05) is 20.8 Å². The number of hydrogen-bond donors (Lipinski definition) is 4. The number of nitriles is 1. The number of carbonyl (C=O) groups is 1. The van der Waals surface area contributed by atoms with Gasteiger partial charge in [0.05, 0.1) is 23.7 Å². The number of aromatic amines is 1. The van der Waals surface area contributed by atoms with E-state index in [2.05, 4.69) is 42.5 Å². The molecule has 0 saturated carbocycles. The van der Waals surface area contributed by atoms with Crippen molar-refractivity contribution in [2.75, 3.05) is 23.7 Å². The van der Waals surface area contributed by atoms with Crippen molar-refractivity contribution in [2.45, 2.75) is 68.1 Å². The molecule has 0 atom stereocenters. The van der Waals surface area contributed by atoms with E-state index in [0.29, 0.717) is 18.3 Å². The Hall–Kier alpha value is -3.39. The first-order chi connectivity index (χ1) is 17.2. The number of likely N-dealkylation sites (tertiary alicyclic amines) is 1. The van der Waals surface area contributed by atoms with E-state index in [-0.39, 0.29) is 48.5 Å². The zero-order valence-corrected chi connectivity index (χ0v) is 22.2. The van der Waals surface area contributed by atoms with E-state index in [1.54, 1.807) is 17.8 Å². The van der Waals surface area contributed by atoms with E-state index in [0.717, 1.165) is 9.80 Å². The van der Waals surface area contributed by atoms with E-state index in [1.807, 2.05) is 24.3 Å². The van der Waals surface area contributed by atoms with Gasteiger partial charge in [0.15, 0.2) is 0 Å². The number of amidine groups is 1. The van der Waals surface area contributed by atoms with Gasteiger partial charge in [0, 0.05) is 41.5 Å². The molecule has 1 aromatic carbocycles. The number of amides is 1. The first kappa shape index (κ1) is 28.2. The minimum absolute atomic E-state index is 0.0391. The third-order valence-corrected chi connectivity index (χ3v) is 7.08. The van der Waals surface area contributed by atoms with Gasteiger partial charge in [0.25, 0.3) is 11.5 Å². The van der Waals surface area contributed by atoms with Crippen LogP contribution in [0.3, 0.4) is 0 Å². The summed E-state index contributed by atoms with van der Waals surface area (Å²) in [5.74, 6) is -4.84. The SMILES string of the molecule is CC(C)(C)Sc1ccc(NC(=N)c2c(NC3(CC#N)CCN(C(=O)C(C)(F)F)CC3)cc[nH]c2=O)cc1. The molecule has 1 fully saturated rings. The van der Waals surface area contributed by atoms with Gasteiger partial charge in [0.1, 0.15) is 11.4 Å². The number of piperidine rings is 1. The zero-order chi connectivity index (χ0) is 27.4. The number of nitrogens with zero attached hydrogens (tertiary/aromatic N) is 2. The van der Waals surface area contributed by atoms with Crippen LogP contribution in [0.15, 0.2) is 46.2 Å². The average Bonchev–Trinajstić information content (AvgIpc) is 2.79. The second kappa shape index (κ2) is 10.9. The average molecular weight is 531 g/mol. The molecule has 0 bridgehead atoms. The number of H-pyrrole nitrogens is 1. The largest absolute Gasteiger partial charge is 0.378 e. The summed E-state index contributed by atoms with van der Waals surface area (Å²) in [5.41, 5.74) is -0.295. The Morgan fingerprint density at radius 3 is 2.35 bits per heavy atom. The molecule has 1 aliphatic rings. The zero-order valence-electron chi connectivity index (χ0n) is 21.4. The van der Waals surface area contributed by atoms with Crippen molar-refractivity contribution in [3.63, 3.8) is 0 Å². The minimum Gasteiger partial charge on any atom is -0.378 e. The molecule has 4 N–H and O–H groups in total. The van der Waals surface area contributed by atoms with Gasteiger partial charge < -0.3 is 20.5 Å². The lowest BCUT2D eigenvalue weighted by molar-refractivity contribution is -0.156. The van der Waals surface area contributed by atoms with Crippen molar-refractivity contribution >= 4 is 34.9 Å². The van der Waals surface area contributed by atoms with Gasteiger partial charge in [-0.05, 0) is 43.2 Å². The minimum atomic E-state index is -3.47. The molecule has 2 aromatic rings. The molecule has 1 aromatic heterocycles. The number of nitrogens with one attached hydrogen (secondary N) is 4. The standard InChI is InChI=1S/C26H32F2N6O2S/c1-24(2,3)37-18-7-5-17(6-8-18)32-21(30)20-19(9-14-31-22(20)35)33-26(10-13-29)11-15-34(16-12-26)23(36)25(4,27)28/h5-9,14H,10-12,15-16H2,1-4H3,(H2,30,32)(H2,31,33,35). The molecule has 11 heteroatoms. The van der Waals surface area contributed by atoms with Crippen molar-refractivity contribution in [1.29, 1.82) is 10.7 Å². The van der Waals surface area contributed by atoms with Crippen LogP contribution in [-0.4, -0.2) is 50.9 Å². The van der Waals surface area contributed by atoms with Gasteiger partial charge >= 0.3 is 5.92 Å². The van der Waals surface area contributed by atoms with Crippen molar-refractivity contribution in [3.05, 3.63) is 52.4 Å². The number of benzene rings is 1. The van der Waals surface area contributed by atoms with Crippen LogP contribution in [0.1, 0.15) is 52.5 Å². The second-order valence-corrected chi connectivity index (χ2v) is 12.2. The molecule has 1 amide bonds. The first-order valence-corrected chi connectivity index (χ1v) is 12.7. The summed E-state index contributed by atoms with van der Waals surface area (Å²) in [6.45, 7) is 7.03. The van der Waals surface area contributed by atoms with Crippen molar-refractivity contribution in [1.82, 2.24) is 9.88 Å². The highest BCUT2D eigenvalue weighted by atomic mass is 32.2. The highest BCUT2D eigenvalue weighted by Crippen LogP contribution is 2.34. The maximum absolute atomic E-state index is 13.5. The van der Waals surface area contributed by atoms with E-state index in [9.17, 15) is 23.6 Å². The molecule has 0 radical (unpaired) electrons. The number of pyridine rings is 1. The van der Waals surface area contributed by atoms with Gasteiger partial charge in [-0.25, -0.2) is 0 Å². The maximum Gasteiger partial charge on any atom is 0.322 e. The molecule has 2 heterocycles. The summed E-state index contributed by atoms with van der Waals surface area (Å²) in [6, 6.07) is 11.3. The van der Waals surface area contributed by atoms with Crippen molar-refractivity contribution in [3.8, 4) is 6.07 Å². The second-order valence-electron chi connectivity index (χ2n) is 10.3. The smallest absolute Gasteiger partial charge is 0.322 e. The topological polar surface area (TPSA) is 125 Å². The number of anilines is 2. The highest BCUT2D eigenvalue weighted by Gasteiger charge is 2.42. The van der Waals surface area contributed by atoms with Crippen LogP contribution in [0, 0.1) is 16.7 Å². The fourth-order valence-corrected chi connectivity index (χ4v) is 5.18. The van der Waals surface area contributed by atoms with Gasteiger partial charge in [-0.15, -0.1) is 11.8 Å². The lowest BCUT2D eigenvalue weighted by Crippen LogP contribution is -2.53. The molecule has 0 unspecified atom stereocenters. The Morgan fingerprint density at radius 1 is 1.19 bits per heavy atom.